The Morgan fingerprint density at radius 3 is 2.66 bits per heavy atom. The van der Waals surface area contributed by atoms with Gasteiger partial charge in [-0.25, -0.2) is 4.79 Å². The van der Waals surface area contributed by atoms with Crippen LogP contribution in [0.3, 0.4) is 0 Å². The highest BCUT2D eigenvalue weighted by Gasteiger charge is 2.31. The summed E-state index contributed by atoms with van der Waals surface area (Å²) in [5, 5.41) is 10.9. The molecule has 1 unspecified atom stereocenters. The van der Waals surface area contributed by atoms with E-state index in [1.54, 1.807) is 25.2 Å². The molecule has 0 radical (unpaired) electrons. The van der Waals surface area contributed by atoms with Crippen LogP contribution in [0.15, 0.2) is 23.0 Å². The Morgan fingerprint density at radius 1 is 1.17 bits per heavy atom. The van der Waals surface area contributed by atoms with Crippen LogP contribution in [0.2, 0.25) is 0 Å². The van der Waals surface area contributed by atoms with Crippen molar-refractivity contribution < 1.29 is 24.2 Å². The molecule has 1 aromatic carbocycles. The fourth-order valence-electron chi connectivity index (χ4n) is 3.58. The largest absolute Gasteiger partial charge is 0.494 e. The minimum Gasteiger partial charge on any atom is -0.494 e. The number of nitrogens with zero attached hydrogens (tertiary/aromatic N) is 2. The third-order valence-electron chi connectivity index (χ3n) is 5.14. The zero-order valence-corrected chi connectivity index (χ0v) is 16.3. The smallest absolute Gasteiger partial charge is 0.329 e. The van der Waals surface area contributed by atoms with E-state index in [1.165, 1.54) is 9.13 Å². The molecule has 0 aliphatic carbocycles. The number of unbranched alkanes of at least 4 members (excludes halogenated alkanes) is 3. The number of carbonyl (C=O) groups is 3. The molecule has 2 N–H and O–H groups in total. The maximum Gasteiger partial charge on any atom is 0.329 e. The Kier molecular flexibility index (Phi) is 6.36. The van der Waals surface area contributed by atoms with Crippen molar-refractivity contribution >= 4 is 28.8 Å². The lowest BCUT2D eigenvalue weighted by molar-refractivity contribution is -0.137. The summed E-state index contributed by atoms with van der Waals surface area (Å²) in [7, 11) is 1.64. The number of aromatic nitrogens is 2. The van der Waals surface area contributed by atoms with Gasteiger partial charge in [0.15, 0.2) is 0 Å². The molecular formula is C20H25N3O6. The number of carbonyl (C=O) groups excluding carboxylic acids is 2. The molecule has 29 heavy (non-hydrogen) atoms. The highest BCUT2D eigenvalue weighted by atomic mass is 16.5. The number of hydrogen-bond acceptors (Lipinski definition) is 5. The fourth-order valence-corrected chi connectivity index (χ4v) is 3.58. The second-order valence-electron chi connectivity index (χ2n) is 7.24. The van der Waals surface area contributed by atoms with Crippen LogP contribution in [0.5, 0.6) is 5.75 Å². The number of imide groups is 1. The van der Waals surface area contributed by atoms with Crippen molar-refractivity contribution in [3.63, 3.8) is 0 Å². The zero-order chi connectivity index (χ0) is 21.0. The average Bonchev–Trinajstić information content (AvgIpc) is 2.92. The van der Waals surface area contributed by atoms with Crippen LogP contribution in [0, 0.1) is 0 Å². The maximum atomic E-state index is 12.7. The van der Waals surface area contributed by atoms with Gasteiger partial charge in [0.05, 0.1) is 17.6 Å². The molecule has 0 spiro atoms. The van der Waals surface area contributed by atoms with Gasteiger partial charge in [0.1, 0.15) is 11.8 Å². The lowest BCUT2D eigenvalue weighted by atomic mass is 10.1. The number of rotatable bonds is 9. The summed E-state index contributed by atoms with van der Waals surface area (Å²) in [6, 6.07) is 4.57. The second-order valence-corrected chi connectivity index (χ2v) is 7.24. The van der Waals surface area contributed by atoms with Crippen LogP contribution >= 0.6 is 0 Å². The molecule has 1 aromatic heterocycles. The van der Waals surface area contributed by atoms with Gasteiger partial charge in [-0.05, 0) is 31.4 Å². The summed E-state index contributed by atoms with van der Waals surface area (Å²) in [6.45, 7) is 0.500. The van der Waals surface area contributed by atoms with Crippen molar-refractivity contribution in [2.45, 2.75) is 51.0 Å². The van der Waals surface area contributed by atoms with Gasteiger partial charge in [0.25, 0.3) is 0 Å². The van der Waals surface area contributed by atoms with E-state index in [2.05, 4.69) is 5.32 Å². The molecule has 156 valence electrons. The number of hydrogen-bond donors (Lipinski definition) is 2. The fraction of sp³-hybridized carbons (Fsp3) is 0.500. The number of benzene rings is 1. The van der Waals surface area contributed by atoms with E-state index in [9.17, 15) is 19.2 Å². The molecule has 2 heterocycles. The van der Waals surface area contributed by atoms with Gasteiger partial charge < -0.3 is 9.84 Å². The molecule has 1 atom stereocenters. The average molecular weight is 403 g/mol. The lowest BCUT2D eigenvalue weighted by Crippen LogP contribution is -2.44. The number of imidazole rings is 1. The van der Waals surface area contributed by atoms with Crippen molar-refractivity contribution in [1.82, 2.24) is 14.5 Å². The topological polar surface area (TPSA) is 120 Å². The molecule has 1 aliphatic heterocycles. The molecule has 9 nitrogen and oxygen atoms in total. The summed E-state index contributed by atoms with van der Waals surface area (Å²) in [5.41, 5.74) is 0.955. The van der Waals surface area contributed by atoms with E-state index in [0.29, 0.717) is 36.2 Å². The Morgan fingerprint density at radius 2 is 1.93 bits per heavy atom. The molecule has 0 bridgehead atoms. The van der Waals surface area contributed by atoms with E-state index >= 15 is 0 Å². The van der Waals surface area contributed by atoms with Crippen molar-refractivity contribution in [3.8, 4) is 5.75 Å². The first-order chi connectivity index (χ1) is 13.9. The van der Waals surface area contributed by atoms with E-state index in [-0.39, 0.29) is 24.4 Å². The van der Waals surface area contributed by atoms with Gasteiger partial charge in [-0.2, -0.15) is 0 Å². The molecule has 2 aromatic rings. The second kappa shape index (κ2) is 8.93. The Balaban J connectivity index is 1.67. The predicted octanol–water partition coefficient (Wildman–Crippen LogP) is 1.73. The maximum absolute atomic E-state index is 12.7. The van der Waals surface area contributed by atoms with Gasteiger partial charge in [0, 0.05) is 26.0 Å². The van der Waals surface area contributed by atoms with Gasteiger partial charge in [-0.3, -0.25) is 28.8 Å². The highest BCUT2D eigenvalue weighted by molar-refractivity contribution is 6.00. The van der Waals surface area contributed by atoms with Crippen molar-refractivity contribution in [1.29, 1.82) is 0 Å². The Hall–Kier alpha value is -3.10. The standard InChI is InChI=1S/C20H25N3O6/c1-22-16-12-13(29-11-5-3-2-4-6-18(25)26)7-8-14(16)23(20(22)28)15-9-10-17(24)21-19(15)27/h7-8,12,15H,2-6,9-11H2,1H3,(H,25,26)(H,21,24,27). The Labute approximate surface area is 167 Å². The Bertz CT molecular complexity index is 990. The van der Waals surface area contributed by atoms with E-state index in [4.69, 9.17) is 9.84 Å². The minimum absolute atomic E-state index is 0.190. The monoisotopic (exact) mass is 403 g/mol. The van der Waals surface area contributed by atoms with Crippen LogP contribution in [-0.2, 0) is 21.4 Å². The van der Waals surface area contributed by atoms with Gasteiger partial charge in [0.2, 0.25) is 11.8 Å². The number of nitrogens with one attached hydrogen (secondary N) is 1. The molecule has 1 fully saturated rings. The first-order valence-electron chi connectivity index (χ1n) is 9.77. The summed E-state index contributed by atoms with van der Waals surface area (Å²) in [6.07, 6.45) is 3.90. The normalized spacial score (nSPS) is 16.8. The van der Waals surface area contributed by atoms with Crippen LogP contribution in [0.25, 0.3) is 11.0 Å². The number of aryl methyl sites for hydroxylation is 1. The number of fused-ring (bicyclic) bond motifs is 1. The van der Waals surface area contributed by atoms with Gasteiger partial charge in [-0.1, -0.05) is 12.8 Å². The van der Waals surface area contributed by atoms with Crippen molar-refractivity contribution in [3.05, 3.63) is 28.7 Å². The highest BCUT2D eigenvalue weighted by Crippen LogP contribution is 2.25. The third-order valence-corrected chi connectivity index (χ3v) is 5.14. The summed E-state index contributed by atoms with van der Waals surface area (Å²) in [4.78, 5) is 46.8. The zero-order valence-electron chi connectivity index (χ0n) is 16.3. The molecule has 3 rings (SSSR count). The first kappa shape index (κ1) is 20.6. The number of aliphatic carboxylic acids is 1. The van der Waals surface area contributed by atoms with E-state index < -0.39 is 17.9 Å². The number of amides is 2. The molecule has 9 heteroatoms. The third kappa shape index (κ3) is 4.67. The number of ether oxygens (including phenoxy) is 1. The number of carboxylic acid groups (broad SMARTS) is 1. The SMILES string of the molecule is Cn1c(=O)n(C2CCC(=O)NC2=O)c2ccc(OCCCCCCC(=O)O)cc21. The quantitative estimate of drug-likeness (QED) is 0.486. The molecule has 1 saturated heterocycles. The molecule has 2 amide bonds. The van der Waals surface area contributed by atoms with Crippen LogP contribution < -0.4 is 15.7 Å². The number of piperidine rings is 1. The first-order valence-corrected chi connectivity index (χ1v) is 9.77. The minimum atomic E-state index is -0.774. The molecule has 1 aliphatic rings. The lowest BCUT2D eigenvalue weighted by Gasteiger charge is -2.21. The van der Waals surface area contributed by atoms with Crippen LogP contribution in [-0.4, -0.2) is 38.6 Å². The summed E-state index contributed by atoms with van der Waals surface area (Å²) in [5.74, 6) is -0.930. The van der Waals surface area contributed by atoms with E-state index in [0.717, 1.165) is 19.3 Å². The van der Waals surface area contributed by atoms with E-state index in [1.807, 2.05) is 0 Å². The van der Waals surface area contributed by atoms with Crippen LogP contribution in [0.1, 0.15) is 51.0 Å². The van der Waals surface area contributed by atoms with Crippen molar-refractivity contribution in [2.75, 3.05) is 6.61 Å². The van der Waals surface area contributed by atoms with Crippen LogP contribution in [0.4, 0.5) is 0 Å². The summed E-state index contributed by atoms with van der Waals surface area (Å²) >= 11 is 0. The number of carboxylic acids is 1. The van der Waals surface area contributed by atoms with Gasteiger partial charge in [-0.15, -0.1) is 0 Å². The molecular weight excluding hydrogens is 378 g/mol. The predicted molar refractivity (Wildman–Crippen MR) is 105 cm³/mol. The molecule has 0 saturated carbocycles. The van der Waals surface area contributed by atoms with Crippen molar-refractivity contribution in [2.24, 2.45) is 7.05 Å². The summed E-state index contributed by atoms with van der Waals surface area (Å²) < 4.78 is 8.67. The van der Waals surface area contributed by atoms with Gasteiger partial charge >= 0.3 is 11.7 Å².